The van der Waals surface area contributed by atoms with Gasteiger partial charge in [0.1, 0.15) is 0 Å². The summed E-state index contributed by atoms with van der Waals surface area (Å²) in [6.07, 6.45) is 11.8. The Morgan fingerprint density at radius 3 is 2.60 bits per heavy atom. The van der Waals surface area contributed by atoms with Crippen LogP contribution < -0.4 is 5.32 Å². The second-order valence-electron chi connectivity index (χ2n) is 5.14. The van der Waals surface area contributed by atoms with E-state index in [0.717, 1.165) is 11.2 Å². The minimum atomic E-state index is 0.960. The molecule has 1 saturated carbocycles. The van der Waals surface area contributed by atoms with Gasteiger partial charge >= 0.3 is 0 Å². The van der Waals surface area contributed by atoms with Crippen molar-refractivity contribution in [2.75, 3.05) is 18.8 Å². The van der Waals surface area contributed by atoms with Crippen LogP contribution in [0.4, 0.5) is 0 Å². The molecule has 0 radical (unpaired) electrons. The molecule has 1 N–H and O–H groups in total. The van der Waals surface area contributed by atoms with E-state index < -0.39 is 0 Å². The van der Waals surface area contributed by atoms with Gasteiger partial charge in [-0.15, -0.1) is 0 Å². The highest BCUT2D eigenvalue weighted by Gasteiger charge is 2.17. The molecule has 0 amide bonds. The van der Waals surface area contributed by atoms with Crippen LogP contribution in [0.2, 0.25) is 0 Å². The van der Waals surface area contributed by atoms with Gasteiger partial charge in [-0.05, 0) is 56.9 Å². The summed E-state index contributed by atoms with van der Waals surface area (Å²) in [7, 11) is 0. The second-order valence-corrected chi connectivity index (χ2v) is 6.47. The molecular formula is C13H25NS. The zero-order chi connectivity index (χ0) is 10.3. The number of thioether (sulfide) groups is 1. The lowest BCUT2D eigenvalue weighted by Gasteiger charge is -2.23. The third-order valence-electron chi connectivity index (χ3n) is 3.82. The van der Waals surface area contributed by atoms with E-state index in [2.05, 4.69) is 17.1 Å². The summed E-state index contributed by atoms with van der Waals surface area (Å²) in [4.78, 5) is 0. The van der Waals surface area contributed by atoms with Gasteiger partial charge in [0.05, 0.1) is 0 Å². The number of nitrogens with one attached hydrogen (secondary N) is 1. The first-order valence-electron chi connectivity index (χ1n) is 6.77. The first-order valence-corrected chi connectivity index (χ1v) is 7.82. The molecule has 2 aliphatic rings. The molecule has 2 heteroatoms. The lowest BCUT2D eigenvalue weighted by molar-refractivity contribution is 0.390. The molecule has 1 saturated heterocycles. The van der Waals surface area contributed by atoms with Crippen LogP contribution in [0, 0.1) is 5.92 Å². The molecule has 15 heavy (non-hydrogen) atoms. The van der Waals surface area contributed by atoms with Gasteiger partial charge in [0.15, 0.2) is 0 Å². The maximum Gasteiger partial charge on any atom is 0.00596 e. The molecule has 88 valence electrons. The van der Waals surface area contributed by atoms with Crippen molar-refractivity contribution in [2.24, 2.45) is 5.92 Å². The lowest BCUT2D eigenvalue weighted by atomic mass is 9.91. The van der Waals surface area contributed by atoms with E-state index in [0.29, 0.717) is 0 Å². The monoisotopic (exact) mass is 227 g/mol. The summed E-state index contributed by atoms with van der Waals surface area (Å²) in [5, 5.41) is 4.46. The van der Waals surface area contributed by atoms with Crippen LogP contribution in [0.1, 0.15) is 51.4 Å². The van der Waals surface area contributed by atoms with Crippen LogP contribution in [0.3, 0.4) is 0 Å². The standard InChI is InChI=1S/C13H25NS/c1-2-5-12(6-3-1)11-15-13-7-4-9-14-10-8-13/h12-14H,1-11H2. The maximum atomic E-state index is 3.50. The fraction of sp³-hybridized carbons (Fsp3) is 1.00. The highest BCUT2D eigenvalue weighted by Crippen LogP contribution is 2.30. The van der Waals surface area contributed by atoms with E-state index in [-0.39, 0.29) is 0 Å². The van der Waals surface area contributed by atoms with Crippen LogP contribution in [0.5, 0.6) is 0 Å². The van der Waals surface area contributed by atoms with Crippen LogP contribution in [0.25, 0.3) is 0 Å². The van der Waals surface area contributed by atoms with E-state index in [9.17, 15) is 0 Å². The van der Waals surface area contributed by atoms with E-state index in [1.807, 2.05) is 0 Å². The first kappa shape index (κ1) is 11.8. The predicted molar refractivity (Wildman–Crippen MR) is 69.5 cm³/mol. The average Bonchev–Trinajstić information content (AvgIpc) is 2.56. The molecule has 1 nitrogen and oxygen atoms in total. The number of hydrogen-bond donors (Lipinski definition) is 1. The van der Waals surface area contributed by atoms with E-state index in [1.165, 1.54) is 70.2 Å². The van der Waals surface area contributed by atoms with Crippen LogP contribution in [-0.2, 0) is 0 Å². The number of hydrogen-bond acceptors (Lipinski definition) is 2. The van der Waals surface area contributed by atoms with E-state index in [4.69, 9.17) is 0 Å². The summed E-state index contributed by atoms with van der Waals surface area (Å²) >= 11 is 2.28. The summed E-state index contributed by atoms with van der Waals surface area (Å²) in [5.41, 5.74) is 0. The average molecular weight is 227 g/mol. The normalized spacial score (nSPS) is 30.0. The van der Waals surface area contributed by atoms with Gasteiger partial charge in [0, 0.05) is 5.25 Å². The van der Waals surface area contributed by atoms with Crippen molar-refractivity contribution in [2.45, 2.75) is 56.6 Å². The summed E-state index contributed by atoms with van der Waals surface area (Å²) in [5.74, 6) is 2.50. The minimum absolute atomic E-state index is 0.960. The predicted octanol–water partition coefficient (Wildman–Crippen LogP) is 3.44. The molecule has 0 bridgehead atoms. The molecule has 0 aromatic carbocycles. The Balaban J connectivity index is 1.62. The van der Waals surface area contributed by atoms with Crippen molar-refractivity contribution in [1.29, 1.82) is 0 Å². The Bertz CT molecular complexity index is 158. The molecule has 1 aliphatic carbocycles. The van der Waals surface area contributed by atoms with Crippen molar-refractivity contribution in [3.8, 4) is 0 Å². The molecule has 0 aromatic heterocycles. The van der Waals surface area contributed by atoms with Gasteiger partial charge in [-0.1, -0.05) is 19.3 Å². The third kappa shape index (κ3) is 4.36. The van der Waals surface area contributed by atoms with Crippen LogP contribution in [-0.4, -0.2) is 24.1 Å². The van der Waals surface area contributed by atoms with Gasteiger partial charge in [0.2, 0.25) is 0 Å². The van der Waals surface area contributed by atoms with Crippen molar-refractivity contribution in [3.05, 3.63) is 0 Å². The fourth-order valence-electron chi connectivity index (χ4n) is 2.78. The fourth-order valence-corrected chi connectivity index (χ4v) is 4.28. The molecule has 1 atom stereocenters. The van der Waals surface area contributed by atoms with E-state index in [1.54, 1.807) is 0 Å². The maximum absolute atomic E-state index is 3.50. The van der Waals surface area contributed by atoms with Crippen molar-refractivity contribution < 1.29 is 0 Å². The third-order valence-corrected chi connectivity index (χ3v) is 5.42. The van der Waals surface area contributed by atoms with Crippen molar-refractivity contribution in [3.63, 3.8) is 0 Å². The molecule has 1 unspecified atom stereocenters. The quantitative estimate of drug-likeness (QED) is 0.792. The Kier molecular flexibility index (Phi) is 5.34. The van der Waals surface area contributed by atoms with Crippen molar-refractivity contribution in [1.82, 2.24) is 5.32 Å². The molecule has 2 rings (SSSR count). The summed E-state index contributed by atoms with van der Waals surface area (Å²) in [6, 6.07) is 0. The smallest absolute Gasteiger partial charge is 0.00596 e. The van der Waals surface area contributed by atoms with Crippen LogP contribution >= 0.6 is 11.8 Å². The molecule has 0 aromatic rings. The highest BCUT2D eigenvalue weighted by molar-refractivity contribution is 7.99. The minimum Gasteiger partial charge on any atom is -0.317 e. The Labute approximate surface area is 98.8 Å². The number of rotatable bonds is 3. The molecular weight excluding hydrogens is 202 g/mol. The van der Waals surface area contributed by atoms with Gasteiger partial charge in [0.25, 0.3) is 0 Å². The second kappa shape index (κ2) is 6.80. The molecule has 2 fully saturated rings. The van der Waals surface area contributed by atoms with Crippen LogP contribution in [0.15, 0.2) is 0 Å². The summed E-state index contributed by atoms with van der Waals surface area (Å²) < 4.78 is 0. The van der Waals surface area contributed by atoms with Gasteiger partial charge in [-0.25, -0.2) is 0 Å². The first-order chi connectivity index (χ1) is 7.45. The highest BCUT2D eigenvalue weighted by atomic mass is 32.2. The Morgan fingerprint density at radius 2 is 1.73 bits per heavy atom. The molecule has 1 aliphatic heterocycles. The SMILES string of the molecule is C1CCC(CSC2CCCNCC2)CC1. The lowest BCUT2D eigenvalue weighted by Crippen LogP contribution is -2.15. The Morgan fingerprint density at radius 1 is 0.867 bits per heavy atom. The summed E-state index contributed by atoms with van der Waals surface area (Å²) in [6.45, 7) is 2.50. The van der Waals surface area contributed by atoms with E-state index >= 15 is 0 Å². The van der Waals surface area contributed by atoms with Gasteiger partial charge in [-0.2, -0.15) is 11.8 Å². The molecule has 1 heterocycles. The topological polar surface area (TPSA) is 12.0 Å². The zero-order valence-electron chi connectivity index (χ0n) is 9.84. The van der Waals surface area contributed by atoms with Gasteiger partial charge in [-0.3, -0.25) is 0 Å². The zero-order valence-corrected chi connectivity index (χ0v) is 10.7. The molecule has 0 spiro atoms. The van der Waals surface area contributed by atoms with Crippen molar-refractivity contribution >= 4 is 11.8 Å². The largest absolute Gasteiger partial charge is 0.317 e. The van der Waals surface area contributed by atoms with Gasteiger partial charge < -0.3 is 5.32 Å². The Hall–Kier alpha value is 0.310.